The van der Waals surface area contributed by atoms with Gasteiger partial charge in [-0.25, -0.2) is 4.98 Å². The van der Waals surface area contributed by atoms with Crippen LogP contribution in [0.1, 0.15) is 31.4 Å². The molecule has 9 nitrogen and oxygen atoms in total. The highest BCUT2D eigenvalue weighted by Crippen LogP contribution is 2.39. The van der Waals surface area contributed by atoms with Crippen molar-refractivity contribution < 1.29 is 9.84 Å². The molecule has 7 rings (SSSR count). The Bertz CT molecular complexity index is 1440. The second kappa shape index (κ2) is 10.3. The third kappa shape index (κ3) is 4.72. The van der Waals surface area contributed by atoms with Crippen LogP contribution in [0, 0.1) is 17.3 Å². The molecule has 206 valence electrons. The van der Waals surface area contributed by atoms with Crippen LogP contribution in [-0.4, -0.2) is 83.2 Å². The van der Waals surface area contributed by atoms with Gasteiger partial charge in [-0.2, -0.15) is 0 Å². The van der Waals surface area contributed by atoms with E-state index in [1.165, 1.54) is 18.5 Å². The lowest BCUT2D eigenvalue weighted by atomic mass is 9.75. The minimum atomic E-state index is 0.182. The molecule has 4 saturated heterocycles. The minimum absolute atomic E-state index is 0.182. The van der Waals surface area contributed by atoms with E-state index in [2.05, 4.69) is 53.9 Å². The van der Waals surface area contributed by atoms with Gasteiger partial charge in [0.2, 0.25) is 0 Å². The monoisotopic (exact) mass is 537 g/mol. The van der Waals surface area contributed by atoms with E-state index >= 15 is 0 Å². The van der Waals surface area contributed by atoms with Gasteiger partial charge < -0.3 is 25.4 Å². The average Bonchev–Trinajstić information content (AvgIpc) is 3.22. The van der Waals surface area contributed by atoms with Crippen LogP contribution in [0.25, 0.3) is 11.3 Å². The maximum absolute atomic E-state index is 10.3. The summed E-state index contributed by atoms with van der Waals surface area (Å²) in [5, 5.41) is 18.8. The number of nitrogens with two attached hydrogens (primary N) is 1. The van der Waals surface area contributed by atoms with Crippen LogP contribution in [0.3, 0.4) is 0 Å². The summed E-state index contributed by atoms with van der Waals surface area (Å²) in [7, 11) is 0. The van der Waals surface area contributed by atoms with Crippen molar-refractivity contribution in [3.63, 3.8) is 0 Å². The van der Waals surface area contributed by atoms with Crippen LogP contribution >= 0.6 is 0 Å². The van der Waals surface area contributed by atoms with Crippen LogP contribution in [0.15, 0.2) is 48.7 Å². The zero-order chi connectivity index (χ0) is 27.1. The van der Waals surface area contributed by atoms with Gasteiger partial charge in [0.25, 0.3) is 0 Å². The van der Waals surface area contributed by atoms with Gasteiger partial charge in [0.1, 0.15) is 11.4 Å². The van der Waals surface area contributed by atoms with Gasteiger partial charge in [0.15, 0.2) is 5.82 Å². The number of hydrogen-bond donors (Lipinski definition) is 2. The molecular formula is C31H35N7O2. The highest BCUT2D eigenvalue weighted by atomic mass is 16.5. The SMILES string of the molecule is Nc1nnc(-c2ccccc2O)cc1N1CC2CCC(C1)N2c1ccnc(C#CCN2CC3(CCCOC3)C2)c1. The molecule has 2 unspecified atom stereocenters. The molecule has 4 aliphatic heterocycles. The molecule has 3 N–H and O–H groups in total. The molecule has 2 bridgehead atoms. The first-order valence-corrected chi connectivity index (χ1v) is 14.3. The fourth-order valence-electron chi connectivity index (χ4n) is 7.05. The van der Waals surface area contributed by atoms with E-state index in [1.54, 1.807) is 12.1 Å². The first-order valence-electron chi connectivity index (χ1n) is 14.3. The van der Waals surface area contributed by atoms with E-state index in [0.29, 0.717) is 34.6 Å². The summed E-state index contributed by atoms with van der Waals surface area (Å²) >= 11 is 0. The number of rotatable bonds is 4. The summed E-state index contributed by atoms with van der Waals surface area (Å²) in [6.45, 7) is 6.46. The third-order valence-corrected chi connectivity index (χ3v) is 8.89. The summed E-state index contributed by atoms with van der Waals surface area (Å²) in [6, 6.07) is 14.1. The number of benzene rings is 1. The van der Waals surface area contributed by atoms with Gasteiger partial charge in [-0.1, -0.05) is 18.1 Å². The van der Waals surface area contributed by atoms with Crippen LogP contribution in [0.4, 0.5) is 17.2 Å². The summed E-state index contributed by atoms with van der Waals surface area (Å²) in [5.41, 5.74) is 10.8. The van der Waals surface area contributed by atoms with Crippen LogP contribution in [0.5, 0.6) is 5.75 Å². The average molecular weight is 538 g/mol. The molecule has 4 fully saturated rings. The molecule has 6 heterocycles. The molecule has 0 amide bonds. The lowest BCUT2D eigenvalue weighted by Gasteiger charge is -2.51. The fourth-order valence-corrected chi connectivity index (χ4v) is 7.05. The van der Waals surface area contributed by atoms with E-state index in [9.17, 15) is 5.11 Å². The summed E-state index contributed by atoms with van der Waals surface area (Å²) in [4.78, 5) is 11.8. The zero-order valence-corrected chi connectivity index (χ0v) is 22.7. The molecule has 40 heavy (non-hydrogen) atoms. The number of pyridine rings is 1. The Labute approximate surface area is 235 Å². The smallest absolute Gasteiger partial charge is 0.169 e. The van der Waals surface area contributed by atoms with E-state index in [4.69, 9.17) is 10.5 Å². The molecular weight excluding hydrogens is 502 g/mol. The first kappa shape index (κ1) is 25.1. The number of phenolic OH excluding ortho intramolecular Hbond substituents is 1. The number of hydrogen-bond acceptors (Lipinski definition) is 9. The highest BCUT2D eigenvalue weighted by molar-refractivity contribution is 5.74. The van der Waals surface area contributed by atoms with Crippen molar-refractivity contribution in [2.75, 3.05) is 61.5 Å². The number of fused-ring (bicyclic) bond motifs is 2. The third-order valence-electron chi connectivity index (χ3n) is 8.89. The second-order valence-corrected chi connectivity index (χ2v) is 11.7. The Balaban J connectivity index is 1.03. The van der Waals surface area contributed by atoms with Gasteiger partial charge in [0, 0.05) is 67.7 Å². The Morgan fingerprint density at radius 1 is 1.07 bits per heavy atom. The molecule has 2 aromatic heterocycles. The van der Waals surface area contributed by atoms with Crippen LogP contribution in [0.2, 0.25) is 0 Å². The number of phenols is 1. The quantitative estimate of drug-likeness (QED) is 0.486. The largest absolute Gasteiger partial charge is 0.507 e. The summed E-state index contributed by atoms with van der Waals surface area (Å²) in [6.07, 6.45) is 6.58. The maximum Gasteiger partial charge on any atom is 0.169 e. The van der Waals surface area contributed by atoms with Gasteiger partial charge in [-0.05, 0) is 61.9 Å². The number of nitrogen functional groups attached to an aromatic ring is 1. The minimum Gasteiger partial charge on any atom is -0.507 e. The Morgan fingerprint density at radius 2 is 1.90 bits per heavy atom. The Morgan fingerprint density at radius 3 is 2.67 bits per heavy atom. The van der Waals surface area contributed by atoms with Gasteiger partial charge in [-0.15, -0.1) is 10.2 Å². The van der Waals surface area contributed by atoms with Crippen molar-refractivity contribution in [3.8, 4) is 28.8 Å². The number of para-hydroxylation sites is 1. The highest BCUT2D eigenvalue weighted by Gasteiger charge is 2.44. The normalized spacial score (nSPS) is 23.5. The molecule has 9 heteroatoms. The van der Waals surface area contributed by atoms with E-state index in [1.807, 2.05) is 24.4 Å². The van der Waals surface area contributed by atoms with Crippen LogP contribution < -0.4 is 15.5 Å². The Kier molecular flexibility index (Phi) is 6.45. The van der Waals surface area contributed by atoms with E-state index < -0.39 is 0 Å². The first-order chi connectivity index (χ1) is 19.6. The van der Waals surface area contributed by atoms with Crippen molar-refractivity contribution in [1.82, 2.24) is 20.1 Å². The number of anilines is 3. The zero-order valence-electron chi connectivity index (χ0n) is 22.7. The molecule has 4 aliphatic rings. The van der Waals surface area contributed by atoms with Crippen molar-refractivity contribution in [2.45, 2.75) is 37.8 Å². The van der Waals surface area contributed by atoms with Crippen LogP contribution in [-0.2, 0) is 4.74 Å². The lowest BCUT2D eigenvalue weighted by molar-refractivity contribution is -0.0956. The molecule has 0 saturated carbocycles. The molecule has 1 aromatic carbocycles. The van der Waals surface area contributed by atoms with Gasteiger partial charge >= 0.3 is 0 Å². The topological polar surface area (TPSA) is 104 Å². The van der Waals surface area contributed by atoms with Gasteiger partial charge in [-0.3, -0.25) is 4.90 Å². The number of ether oxygens (including phenoxy) is 1. The fraction of sp³-hybridized carbons (Fsp3) is 0.452. The molecule has 2 atom stereocenters. The maximum atomic E-state index is 10.3. The number of aromatic nitrogens is 3. The molecule has 0 aliphatic carbocycles. The van der Waals surface area contributed by atoms with E-state index in [0.717, 1.165) is 70.2 Å². The van der Waals surface area contributed by atoms with Crippen molar-refractivity contribution >= 4 is 17.2 Å². The number of likely N-dealkylation sites (tertiary alicyclic amines) is 1. The predicted octanol–water partition coefficient (Wildman–Crippen LogP) is 3.15. The number of piperazine rings is 1. The van der Waals surface area contributed by atoms with Crippen molar-refractivity contribution in [2.24, 2.45) is 5.41 Å². The molecule has 1 spiro atoms. The second-order valence-electron chi connectivity index (χ2n) is 11.7. The molecule has 0 radical (unpaired) electrons. The van der Waals surface area contributed by atoms with Crippen molar-refractivity contribution in [1.29, 1.82) is 0 Å². The number of aromatic hydroxyl groups is 1. The predicted molar refractivity (Wildman–Crippen MR) is 155 cm³/mol. The summed E-state index contributed by atoms with van der Waals surface area (Å²) in [5.74, 6) is 7.26. The van der Waals surface area contributed by atoms with Crippen molar-refractivity contribution in [3.05, 3.63) is 54.4 Å². The number of nitrogens with zero attached hydrogens (tertiary/aromatic N) is 6. The lowest BCUT2D eigenvalue weighted by Crippen LogP contribution is -2.59. The molecule has 3 aromatic rings. The summed E-state index contributed by atoms with van der Waals surface area (Å²) < 4.78 is 5.71. The standard InChI is InChI=1S/C31H35N7O2/c32-30-28(16-27(34-35-30)26-6-1-2-7-29(26)39)37-17-24-8-9-25(18-37)38(24)23-10-12-33-22(15-23)5-3-13-36-19-31(20-36)11-4-14-40-21-31/h1-2,6-7,10,12,15-16,24-25,39H,4,8-9,11,13-14,17-21H2,(H2,32,35). The van der Waals surface area contributed by atoms with E-state index in [-0.39, 0.29) is 5.75 Å². The Hall–Kier alpha value is -3.87. The van der Waals surface area contributed by atoms with Gasteiger partial charge in [0.05, 0.1) is 24.5 Å².